The molecule has 0 saturated heterocycles. The molecule has 2 aromatic heterocycles. The van der Waals surface area contributed by atoms with Crippen LogP contribution in [0.25, 0.3) is 0 Å². The molecule has 8 nitrogen and oxygen atoms in total. The molecule has 0 saturated carbocycles. The first-order valence-electron chi connectivity index (χ1n) is 8.72. The Labute approximate surface area is 156 Å². The van der Waals surface area contributed by atoms with E-state index in [4.69, 9.17) is 0 Å². The Hall–Kier alpha value is -2.78. The van der Waals surface area contributed by atoms with Gasteiger partial charge in [0, 0.05) is 25.4 Å². The topological polar surface area (TPSA) is 88.0 Å². The number of carbonyl (C=O) groups is 1. The first kappa shape index (κ1) is 19.0. The number of rotatable bonds is 6. The van der Waals surface area contributed by atoms with Gasteiger partial charge < -0.3 is 15.5 Å². The fraction of sp³-hybridized carbons (Fsp3) is 0.529. The first-order chi connectivity index (χ1) is 12.8. The predicted octanol–water partition coefficient (Wildman–Crippen LogP) is 2.27. The van der Waals surface area contributed by atoms with E-state index in [0.717, 1.165) is 5.56 Å². The highest BCUT2D eigenvalue weighted by molar-refractivity contribution is 6.03. The van der Waals surface area contributed by atoms with E-state index in [9.17, 15) is 13.6 Å². The molecule has 3 heterocycles. The molecule has 0 bridgehead atoms. The van der Waals surface area contributed by atoms with Crippen LogP contribution in [0.1, 0.15) is 25.1 Å². The van der Waals surface area contributed by atoms with E-state index in [1.54, 1.807) is 13.1 Å². The SMILES string of the molecule is Cc1nc(NCc2cnn(CC(F)F)c2)nc2c1NC(=O)[C@H](C(C)C)N2C. The molecule has 27 heavy (non-hydrogen) atoms. The van der Waals surface area contributed by atoms with Gasteiger partial charge in [0.05, 0.1) is 11.9 Å². The summed E-state index contributed by atoms with van der Waals surface area (Å²) in [5, 5.41) is 9.89. The van der Waals surface area contributed by atoms with Gasteiger partial charge in [-0.05, 0) is 12.8 Å². The van der Waals surface area contributed by atoms with Crippen molar-refractivity contribution in [3.8, 4) is 0 Å². The number of hydrogen-bond donors (Lipinski definition) is 2. The highest BCUT2D eigenvalue weighted by Crippen LogP contribution is 2.34. The maximum atomic E-state index is 12.4. The lowest BCUT2D eigenvalue weighted by Crippen LogP contribution is -2.49. The normalized spacial score (nSPS) is 16.7. The van der Waals surface area contributed by atoms with E-state index >= 15 is 0 Å². The first-order valence-corrected chi connectivity index (χ1v) is 8.72. The van der Waals surface area contributed by atoms with Crippen LogP contribution >= 0.6 is 0 Å². The van der Waals surface area contributed by atoms with Crippen LogP contribution in [-0.2, 0) is 17.9 Å². The number of anilines is 3. The molecule has 10 heteroatoms. The number of aromatic nitrogens is 4. The smallest absolute Gasteiger partial charge is 0.257 e. The van der Waals surface area contributed by atoms with Crippen LogP contribution < -0.4 is 15.5 Å². The average Bonchev–Trinajstić information content (AvgIpc) is 3.00. The van der Waals surface area contributed by atoms with Crippen molar-refractivity contribution in [3.63, 3.8) is 0 Å². The number of amides is 1. The van der Waals surface area contributed by atoms with Crippen molar-refractivity contribution in [1.82, 2.24) is 19.7 Å². The summed E-state index contributed by atoms with van der Waals surface area (Å²) in [5.41, 5.74) is 2.00. The Morgan fingerprint density at radius 3 is 2.74 bits per heavy atom. The van der Waals surface area contributed by atoms with Gasteiger partial charge in [0.1, 0.15) is 18.3 Å². The van der Waals surface area contributed by atoms with Crippen LogP contribution in [0.5, 0.6) is 0 Å². The predicted molar refractivity (Wildman–Crippen MR) is 98.0 cm³/mol. The quantitative estimate of drug-likeness (QED) is 0.801. The number of fused-ring (bicyclic) bond motifs is 1. The fourth-order valence-corrected chi connectivity index (χ4v) is 3.21. The number of alkyl halides is 2. The molecule has 2 N–H and O–H groups in total. The minimum absolute atomic E-state index is 0.0705. The summed E-state index contributed by atoms with van der Waals surface area (Å²) >= 11 is 0. The summed E-state index contributed by atoms with van der Waals surface area (Å²) in [4.78, 5) is 23.1. The number of likely N-dealkylation sites (N-methyl/N-ethyl adjacent to an activating group) is 1. The summed E-state index contributed by atoms with van der Waals surface area (Å²) < 4.78 is 26.0. The summed E-state index contributed by atoms with van der Waals surface area (Å²) in [6, 6.07) is -0.313. The molecule has 0 fully saturated rings. The van der Waals surface area contributed by atoms with Gasteiger partial charge in [-0.25, -0.2) is 13.8 Å². The van der Waals surface area contributed by atoms with Gasteiger partial charge in [-0.2, -0.15) is 10.1 Å². The summed E-state index contributed by atoms with van der Waals surface area (Å²) in [5.74, 6) is 1.10. The number of carbonyl (C=O) groups excluding carboxylic acids is 1. The Morgan fingerprint density at radius 1 is 1.33 bits per heavy atom. The lowest BCUT2D eigenvalue weighted by molar-refractivity contribution is -0.118. The van der Waals surface area contributed by atoms with Gasteiger partial charge in [0.15, 0.2) is 5.82 Å². The Bertz CT molecular complexity index is 837. The van der Waals surface area contributed by atoms with Gasteiger partial charge in [0.2, 0.25) is 11.9 Å². The third-order valence-electron chi connectivity index (χ3n) is 4.43. The average molecular weight is 379 g/mol. The van der Waals surface area contributed by atoms with Gasteiger partial charge >= 0.3 is 0 Å². The van der Waals surface area contributed by atoms with Gasteiger partial charge in [-0.3, -0.25) is 9.48 Å². The minimum Gasteiger partial charge on any atom is -0.350 e. The number of hydrogen-bond acceptors (Lipinski definition) is 6. The van der Waals surface area contributed by atoms with Crippen molar-refractivity contribution < 1.29 is 13.6 Å². The summed E-state index contributed by atoms with van der Waals surface area (Å²) in [6.07, 6.45) is 0.643. The zero-order chi connectivity index (χ0) is 19.7. The van der Waals surface area contributed by atoms with Crippen LogP contribution in [0.15, 0.2) is 12.4 Å². The lowest BCUT2D eigenvalue weighted by atomic mass is 9.99. The molecule has 146 valence electrons. The fourth-order valence-electron chi connectivity index (χ4n) is 3.21. The summed E-state index contributed by atoms with van der Waals surface area (Å²) in [6.45, 7) is 5.68. The number of nitrogens with one attached hydrogen (secondary N) is 2. The van der Waals surface area contributed by atoms with Crippen molar-refractivity contribution in [1.29, 1.82) is 0 Å². The van der Waals surface area contributed by atoms with Crippen molar-refractivity contribution in [2.24, 2.45) is 5.92 Å². The number of aryl methyl sites for hydroxylation is 1. The van der Waals surface area contributed by atoms with Crippen molar-refractivity contribution in [2.75, 3.05) is 22.6 Å². The minimum atomic E-state index is -2.45. The highest BCUT2D eigenvalue weighted by Gasteiger charge is 2.35. The van der Waals surface area contributed by atoms with Crippen molar-refractivity contribution in [3.05, 3.63) is 23.7 Å². The maximum Gasteiger partial charge on any atom is 0.257 e. The van der Waals surface area contributed by atoms with Gasteiger partial charge in [-0.15, -0.1) is 0 Å². The third-order valence-corrected chi connectivity index (χ3v) is 4.43. The maximum absolute atomic E-state index is 12.4. The second-order valence-corrected chi connectivity index (χ2v) is 6.94. The second-order valence-electron chi connectivity index (χ2n) is 6.94. The molecule has 2 aromatic rings. The zero-order valence-electron chi connectivity index (χ0n) is 15.7. The Kier molecular flexibility index (Phi) is 5.24. The van der Waals surface area contributed by atoms with E-state index < -0.39 is 13.0 Å². The second kappa shape index (κ2) is 7.45. The Morgan fingerprint density at radius 2 is 2.07 bits per heavy atom. The van der Waals surface area contributed by atoms with Crippen LogP contribution in [0.4, 0.5) is 26.2 Å². The molecule has 0 aliphatic carbocycles. The number of nitrogens with zero attached hydrogens (tertiary/aromatic N) is 5. The lowest BCUT2D eigenvalue weighted by Gasteiger charge is -2.36. The van der Waals surface area contributed by atoms with Crippen LogP contribution in [0, 0.1) is 12.8 Å². The largest absolute Gasteiger partial charge is 0.350 e. The molecular weight excluding hydrogens is 356 g/mol. The highest BCUT2D eigenvalue weighted by atomic mass is 19.3. The van der Waals surface area contributed by atoms with E-state index in [0.29, 0.717) is 29.7 Å². The molecule has 0 radical (unpaired) electrons. The molecule has 1 aliphatic rings. The van der Waals surface area contributed by atoms with Crippen molar-refractivity contribution in [2.45, 2.75) is 46.3 Å². The van der Waals surface area contributed by atoms with E-state index in [1.165, 1.54) is 10.9 Å². The van der Waals surface area contributed by atoms with E-state index in [2.05, 4.69) is 25.7 Å². The third kappa shape index (κ3) is 3.99. The molecule has 3 rings (SSSR count). The number of halogens is 2. The molecule has 0 aromatic carbocycles. The molecule has 1 aliphatic heterocycles. The van der Waals surface area contributed by atoms with E-state index in [1.807, 2.05) is 25.8 Å². The van der Waals surface area contributed by atoms with Crippen LogP contribution in [0.3, 0.4) is 0 Å². The van der Waals surface area contributed by atoms with E-state index in [-0.39, 0.29) is 17.9 Å². The van der Waals surface area contributed by atoms with Crippen LogP contribution in [0.2, 0.25) is 0 Å². The summed E-state index contributed by atoms with van der Waals surface area (Å²) in [7, 11) is 1.84. The van der Waals surface area contributed by atoms with Crippen LogP contribution in [-0.4, -0.2) is 45.2 Å². The Balaban J connectivity index is 1.77. The molecule has 0 unspecified atom stereocenters. The monoisotopic (exact) mass is 379 g/mol. The molecular formula is C17H23F2N7O. The van der Waals surface area contributed by atoms with Gasteiger partial charge in [0.25, 0.3) is 6.43 Å². The van der Waals surface area contributed by atoms with Gasteiger partial charge in [-0.1, -0.05) is 13.8 Å². The zero-order valence-corrected chi connectivity index (χ0v) is 15.7. The molecule has 0 spiro atoms. The molecule has 1 amide bonds. The van der Waals surface area contributed by atoms with Crippen molar-refractivity contribution >= 4 is 23.4 Å². The molecule has 1 atom stereocenters. The standard InChI is InChI=1S/C17H23F2N7O/c1-9(2)14-16(27)23-13-10(3)22-17(24-15(13)25(14)4)20-5-11-6-21-26(7-11)8-12(18)19/h6-7,9,12,14H,5,8H2,1-4H3,(H,23,27)(H,20,22,24)/t14-/m0/s1.